The summed E-state index contributed by atoms with van der Waals surface area (Å²) in [6.07, 6.45) is 0. The minimum Gasteiger partial charge on any atom is -0.508 e. The van der Waals surface area contributed by atoms with Crippen molar-refractivity contribution in [2.75, 3.05) is 0 Å². The third-order valence-corrected chi connectivity index (χ3v) is 4.92. The number of hydrogen-bond acceptors (Lipinski definition) is 3. The van der Waals surface area contributed by atoms with Crippen molar-refractivity contribution in [3.05, 3.63) is 77.0 Å². The molecule has 0 spiro atoms. The largest absolute Gasteiger partial charge is 0.508 e. The van der Waals surface area contributed by atoms with Crippen LogP contribution in [0.2, 0.25) is 0 Å². The highest BCUT2D eigenvalue weighted by Crippen LogP contribution is 2.32. The van der Waals surface area contributed by atoms with E-state index in [2.05, 4.69) is 0 Å². The predicted octanol–water partition coefficient (Wildman–Crippen LogP) is 4.79. The van der Waals surface area contributed by atoms with Crippen LogP contribution in [0.3, 0.4) is 0 Å². The maximum atomic E-state index is 12.9. The minimum absolute atomic E-state index is 0.0630. The van der Waals surface area contributed by atoms with Crippen molar-refractivity contribution in [2.45, 2.75) is 0 Å². The van der Waals surface area contributed by atoms with Gasteiger partial charge in [-0.15, -0.1) is 11.3 Å². The number of fused-ring (bicyclic) bond motifs is 2. The van der Waals surface area contributed by atoms with Crippen LogP contribution in [0.4, 0.5) is 0 Å². The highest BCUT2D eigenvalue weighted by atomic mass is 32.1. The zero-order valence-electron chi connectivity index (χ0n) is 11.6. The van der Waals surface area contributed by atoms with Crippen LogP contribution >= 0.6 is 11.3 Å². The fourth-order valence-electron chi connectivity index (χ4n) is 2.73. The SMILES string of the molecule is O=c1c2ccccc2sc2cccc(-c3ccc(O)cc3)c12. The first-order valence-electron chi connectivity index (χ1n) is 6.98. The van der Waals surface area contributed by atoms with E-state index in [4.69, 9.17) is 0 Å². The predicted molar refractivity (Wildman–Crippen MR) is 92.7 cm³/mol. The van der Waals surface area contributed by atoms with Crippen molar-refractivity contribution in [3.63, 3.8) is 0 Å². The number of aromatic hydroxyl groups is 1. The lowest BCUT2D eigenvalue weighted by atomic mass is 10.0. The molecular weight excluding hydrogens is 292 g/mol. The molecule has 0 atom stereocenters. The summed E-state index contributed by atoms with van der Waals surface area (Å²) >= 11 is 1.63. The Bertz CT molecular complexity index is 1050. The van der Waals surface area contributed by atoms with E-state index in [1.54, 1.807) is 23.5 Å². The van der Waals surface area contributed by atoms with E-state index in [0.29, 0.717) is 0 Å². The normalized spacial score (nSPS) is 11.1. The van der Waals surface area contributed by atoms with E-state index >= 15 is 0 Å². The Hall–Kier alpha value is -2.65. The lowest BCUT2D eigenvalue weighted by Crippen LogP contribution is -2.02. The van der Waals surface area contributed by atoms with Crippen molar-refractivity contribution in [3.8, 4) is 16.9 Å². The molecule has 4 aromatic rings. The van der Waals surface area contributed by atoms with E-state index in [-0.39, 0.29) is 11.2 Å². The zero-order valence-corrected chi connectivity index (χ0v) is 12.4. The second-order valence-electron chi connectivity index (χ2n) is 5.15. The van der Waals surface area contributed by atoms with Crippen molar-refractivity contribution in [1.82, 2.24) is 0 Å². The zero-order chi connectivity index (χ0) is 15.1. The third-order valence-electron chi connectivity index (χ3n) is 3.78. The summed E-state index contributed by atoms with van der Waals surface area (Å²) in [4.78, 5) is 12.9. The van der Waals surface area contributed by atoms with E-state index in [9.17, 15) is 9.90 Å². The van der Waals surface area contributed by atoms with Gasteiger partial charge in [-0.3, -0.25) is 4.79 Å². The molecule has 0 saturated carbocycles. The van der Waals surface area contributed by atoms with Gasteiger partial charge in [-0.1, -0.05) is 36.4 Å². The Balaban J connectivity index is 2.14. The molecule has 0 bridgehead atoms. The fourth-order valence-corrected chi connectivity index (χ4v) is 3.83. The lowest BCUT2D eigenvalue weighted by Gasteiger charge is -2.07. The molecule has 106 valence electrons. The van der Waals surface area contributed by atoms with Gasteiger partial charge in [-0.05, 0) is 41.5 Å². The standard InChI is InChI=1S/C19H12O2S/c20-13-10-8-12(9-11-13)14-5-3-7-17-18(14)19(21)15-4-1-2-6-16(15)22-17/h1-11,20H. The van der Waals surface area contributed by atoms with Crippen LogP contribution in [0.1, 0.15) is 0 Å². The maximum Gasteiger partial charge on any atom is 0.196 e. The molecule has 0 aliphatic heterocycles. The molecule has 0 fully saturated rings. The number of rotatable bonds is 1. The van der Waals surface area contributed by atoms with E-state index in [0.717, 1.165) is 31.3 Å². The molecule has 0 amide bonds. The van der Waals surface area contributed by atoms with Gasteiger partial charge >= 0.3 is 0 Å². The monoisotopic (exact) mass is 304 g/mol. The third kappa shape index (κ3) is 1.98. The van der Waals surface area contributed by atoms with Crippen LogP contribution in [0.25, 0.3) is 31.3 Å². The quantitative estimate of drug-likeness (QED) is 0.513. The van der Waals surface area contributed by atoms with Gasteiger partial charge in [0.1, 0.15) is 5.75 Å². The number of phenols is 1. The Morgan fingerprint density at radius 3 is 2.32 bits per heavy atom. The molecule has 1 aromatic heterocycles. The summed E-state index contributed by atoms with van der Waals surface area (Å²) in [5.74, 6) is 0.222. The molecule has 2 nitrogen and oxygen atoms in total. The fraction of sp³-hybridized carbons (Fsp3) is 0. The van der Waals surface area contributed by atoms with Gasteiger partial charge in [0, 0.05) is 20.2 Å². The summed E-state index contributed by atoms with van der Waals surface area (Å²) in [7, 11) is 0. The van der Waals surface area contributed by atoms with E-state index in [1.807, 2.05) is 54.6 Å². The summed E-state index contributed by atoms with van der Waals surface area (Å²) in [5.41, 5.74) is 1.90. The van der Waals surface area contributed by atoms with Crippen LogP contribution in [-0.4, -0.2) is 5.11 Å². The smallest absolute Gasteiger partial charge is 0.196 e. The van der Waals surface area contributed by atoms with Crippen molar-refractivity contribution >= 4 is 31.5 Å². The summed E-state index contributed by atoms with van der Waals surface area (Å²) in [5, 5.41) is 11.0. The Labute approximate surface area is 130 Å². The first-order valence-corrected chi connectivity index (χ1v) is 7.80. The van der Waals surface area contributed by atoms with Gasteiger partial charge in [0.15, 0.2) is 5.43 Å². The molecule has 0 aliphatic rings. The van der Waals surface area contributed by atoms with Gasteiger partial charge in [-0.25, -0.2) is 0 Å². The Morgan fingerprint density at radius 1 is 0.773 bits per heavy atom. The number of phenolic OH excluding ortho intramolecular Hbond substituents is 1. The van der Waals surface area contributed by atoms with Gasteiger partial charge in [0.25, 0.3) is 0 Å². The molecule has 0 unspecified atom stereocenters. The molecular formula is C19H12O2S. The molecule has 3 aromatic carbocycles. The molecule has 1 N–H and O–H groups in total. The molecule has 22 heavy (non-hydrogen) atoms. The van der Waals surface area contributed by atoms with Crippen LogP contribution in [0, 0.1) is 0 Å². The van der Waals surface area contributed by atoms with Gasteiger partial charge in [0.2, 0.25) is 0 Å². The van der Waals surface area contributed by atoms with Crippen LogP contribution in [-0.2, 0) is 0 Å². The Kier molecular flexibility index (Phi) is 2.94. The van der Waals surface area contributed by atoms with Crippen LogP contribution in [0.5, 0.6) is 5.75 Å². The molecule has 4 rings (SSSR count). The summed E-state index contributed by atoms with van der Waals surface area (Å²) in [6.45, 7) is 0. The highest BCUT2D eigenvalue weighted by molar-refractivity contribution is 7.24. The number of benzene rings is 3. The molecule has 0 aliphatic carbocycles. The lowest BCUT2D eigenvalue weighted by molar-refractivity contribution is 0.475. The average Bonchev–Trinajstić information content (AvgIpc) is 2.55. The minimum atomic E-state index is 0.0630. The first kappa shape index (κ1) is 13.0. The van der Waals surface area contributed by atoms with Gasteiger partial charge in [0.05, 0.1) is 0 Å². The molecule has 0 radical (unpaired) electrons. The second kappa shape index (κ2) is 4.97. The molecule has 3 heteroatoms. The topological polar surface area (TPSA) is 37.3 Å². The molecule has 1 heterocycles. The second-order valence-corrected chi connectivity index (χ2v) is 6.24. The highest BCUT2D eigenvalue weighted by Gasteiger charge is 2.11. The van der Waals surface area contributed by atoms with Crippen molar-refractivity contribution in [2.24, 2.45) is 0 Å². The van der Waals surface area contributed by atoms with E-state index in [1.165, 1.54) is 0 Å². The van der Waals surface area contributed by atoms with Crippen LogP contribution in [0.15, 0.2) is 71.5 Å². The summed E-state index contributed by atoms with van der Waals surface area (Å²) < 4.78 is 1.98. The summed E-state index contributed by atoms with van der Waals surface area (Å²) in [6, 6.07) is 20.6. The maximum absolute atomic E-state index is 12.9. The Morgan fingerprint density at radius 2 is 1.50 bits per heavy atom. The van der Waals surface area contributed by atoms with Crippen LogP contribution < -0.4 is 5.43 Å². The van der Waals surface area contributed by atoms with Gasteiger partial charge in [-0.2, -0.15) is 0 Å². The molecule has 0 saturated heterocycles. The van der Waals surface area contributed by atoms with E-state index < -0.39 is 0 Å². The number of hydrogen-bond donors (Lipinski definition) is 1. The first-order chi connectivity index (χ1) is 10.7. The van der Waals surface area contributed by atoms with Crippen molar-refractivity contribution < 1.29 is 5.11 Å². The van der Waals surface area contributed by atoms with Crippen molar-refractivity contribution in [1.29, 1.82) is 0 Å². The average molecular weight is 304 g/mol. The van der Waals surface area contributed by atoms with Gasteiger partial charge < -0.3 is 5.11 Å².